The summed E-state index contributed by atoms with van der Waals surface area (Å²) in [5, 5.41) is 2.97. The van der Waals surface area contributed by atoms with Gasteiger partial charge in [0, 0.05) is 22.8 Å². The summed E-state index contributed by atoms with van der Waals surface area (Å²) in [6, 6.07) is 1.88. The third-order valence-electron chi connectivity index (χ3n) is 1.70. The topological polar surface area (TPSA) is 51.8 Å². The largest absolute Gasteiger partial charge is 0.397 e. The second-order valence-corrected chi connectivity index (χ2v) is 3.62. The van der Waals surface area contributed by atoms with Crippen molar-refractivity contribution in [3.8, 4) is 10.6 Å². The summed E-state index contributed by atoms with van der Waals surface area (Å²) < 4.78 is 0. The highest BCUT2D eigenvalue weighted by Gasteiger charge is 2.05. The van der Waals surface area contributed by atoms with Crippen molar-refractivity contribution in [3.63, 3.8) is 0 Å². The SMILES string of the molecule is Cc1csc(-c2ccncc2N)n1. The van der Waals surface area contributed by atoms with Crippen LogP contribution in [0.5, 0.6) is 0 Å². The molecule has 66 valence electrons. The first-order valence-corrected chi connectivity index (χ1v) is 4.77. The van der Waals surface area contributed by atoms with Gasteiger partial charge in [-0.15, -0.1) is 11.3 Å². The normalized spacial score (nSPS) is 10.2. The molecule has 13 heavy (non-hydrogen) atoms. The van der Waals surface area contributed by atoms with Gasteiger partial charge >= 0.3 is 0 Å². The summed E-state index contributed by atoms with van der Waals surface area (Å²) in [6.07, 6.45) is 3.37. The van der Waals surface area contributed by atoms with Crippen molar-refractivity contribution in [1.29, 1.82) is 0 Å². The molecule has 2 N–H and O–H groups in total. The van der Waals surface area contributed by atoms with E-state index in [-0.39, 0.29) is 0 Å². The fourth-order valence-electron chi connectivity index (χ4n) is 1.08. The molecule has 4 heteroatoms. The third kappa shape index (κ3) is 1.53. The number of thiazole rings is 1. The predicted molar refractivity (Wildman–Crippen MR) is 54.5 cm³/mol. The highest BCUT2D eigenvalue weighted by Crippen LogP contribution is 2.27. The van der Waals surface area contributed by atoms with Crippen molar-refractivity contribution in [3.05, 3.63) is 29.5 Å². The molecular weight excluding hydrogens is 182 g/mol. The number of nitrogens with two attached hydrogens (primary N) is 1. The van der Waals surface area contributed by atoms with E-state index in [1.54, 1.807) is 23.7 Å². The maximum atomic E-state index is 5.77. The van der Waals surface area contributed by atoms with E-state index in [0.29, 0.717) is 5.69 Å². The van der Waals surface area contributed by atoms with Crippen LogP contribution >= 0.6 is 11.3 Å². The lowest BCUT2D eigenvalue weighted by Gasteiger charge is -1.98. The Balaban J connectivity index is 2.52. The number of nitrogen functional groups attached to an aromatic ring is 1. The van der Waals surface area contributed by atoms with Gasteiger partial charge in [-0.25, -0.2) is 4.98 Å². The number of rotatable bonds is 1. The Kier molecular flexibility index (Phi) is 1.98. The minimum absolute atomic E-state index is 0.678. The second-order valence-electron chi connectivity index (χ2n) is 2.76. The molecule has 0 aliphatic heterocycles. The van der Waals surface area contributed by atoms with Crippen molar-refractivity contribution in [2.24, 2.45) is 0 Å². The fraction of sp³-hybridized carbons (Fsp3) is 0.111. The first-order valence-electron chi connectivity index (χ1n) is 3.89. The third-order valence-corrected chi connectivity index (χ3v) is 2.69. The number of aryl methyl sites for hydroxylation is 1. The fourth-order valence-corrected chi connectivity index (χ4v) is 1.92. The van der Waals surface area contributed by atoms with Gasteiger partial charge in [0.05, 0.1) is 11.9 Å². The van der Waals surface area contributed by atoms with Crippen LogP contribution in [0, 0.1) is 6.92 Å². The van der Waals surface area contributed by atoms with Gasteiger partial charge in [0.25, 0.3) is 0 Å². The number of aromatic nitrogens is 2. The highest BCUT2D eigenvalue weighted by atomic mass is 32.1. The Labute approximate surface area is 80.3 Å². The minimum Gasteiger partial charge on any atom is -0.397 e. The Morgan fingerprint density at radius 1 is 1.46 bits per heavy atom. The van der Waals surface area contributed by atoms with Crippen LogP contribution < -0.4 is 5.73 Å². The molecule has 0 saturated heterocycles. The van der Waals surface area contributed by atoms with Crippen molar-refractivity contribution in [1.82, 2.24) is 9.97 Å². The van der Waals surface area contributed by atoms with Crippen LogP contribution in [-0.4, -0.2) is 9.97 Å². The summed E-state index contributed by atoms with van der Waals surface area (Å²) in [6.45, 7) is 1.97. The van der Waals surface area contributed by atoms with Crippen LogP contribution in [0.15, 0.2) is 23.8 Å². The lowest BCUT2D eigenvalue weighted by Crippen LogP contribution is -1.90. The zero-order valence-electron chi connectivity index (χ0n) is 7.19. The molecular formula is C9H9N3S. The summed E-state index contributed by atoms with van der Waals surface area (Å²) in [5.41, 5.74) is 8.43. The van der Waals surface area contributed by atoms with Crippen LogP contribution in [0.3, 0.4) is 0 Å². The van der Waals surface area contributed by atoms with Gasteiger partial charge in [-0.2, -0.15) is 0 Å². The van der Waals surface area contributed by atoms with E-state index in [1.807, 2.05) is 18.4 Å². The summed E-state index contributed by atoms with van der Waals surface area (Å²) in [4.78, 5) is 8.28. The quantitative estimate of drug-likeness (QED) is 0.751. The Bertz CT molecular complexity index is 422. The first-order chi connectivity index (χ1) is 6.27. The molecule has 0 radical (unpaired) electrons. The first kappa shape index (κ1) is 8.19. The van der Waals surface area contributed by atoms with E-state index in [4.69, 9.17) is 5.73 Å². The summed E-state index contributed by atoms with van der Waals surface area (Å²) >= 11 is 1.60. The molecule has 0 fully saturated rings. The molecule has 0 aromatic carbocycles. The number of pyridine rings is 1. The van der Waals surface area contributed by atoms with E-state index in [0.717, 1.165) is 16.3 Å². The molecule has 0 amide bonds. The van der Waals surface area contributed by atoms with Crippen molar-refractivity contribution >= 4 is 17.0 Å². The zero-order valence-corrected chi connectivity index (χ0v) is 8.01. The van der Waals surface area contributed by atoms with Crippen LogP contribution in [0.4, 0.5) is 5.69 Å². The van der Waals surface area contributed by atoms with Gasteiger partial charge < -0.3 is 5.73 Å². The lowest BCUT2D eigenvalue weighted by atomic mass is 10.2. The van der Waals surface area contributed by atoms with Gasteiger partial charge in [0.1, 0.15) is 5.01 Å². The minimum atomic E-state index is 0.678. The number of hydrogen-bond acceptors (Lipinski definition) is 4. The Morgan fingerprint density at radius 2 is 2.31 bits per heavy atom. The van der Waals surface area contributed by atoms with E-state index in [2.05, 4.69) is 9.97 Å². The van der Waals surface area contributed by atoms with Gasteiger partial charge in [-0.3, -0.25) is 4.98 Å². The average molecular weight is 191 g/mol. The van der Waals surface area contributed by atoms with E-state index < -0.39 is 0 Å². The summed E-state index contributed by atoms with van der Waals surface area (Å²) in [7, 11) is 0. The van der Waals surface area contributed by atoms with Crippen molar-refractivity contribution < 1.29 is 0 Å². The van der Waals surface area contributed by atoms with Crippen LogP contribution in [0.2, 0.25) is 0 Å². The van der Waals surface area contributed by atoms with Gasteiger partial charge in [-0.1, -0.05) is 0 Å². The lowest BCUT2D eigenvalue weighted by molar-refractivity contribution is 1.26. The molecule has 2 aromatic heterocycles. The molecule has 0 atom stereocenters. The van der Waals surface area contributed by atoms with Crippen LogP contribution in [0.25, 0.3) is 10.6 Å². The van der Waals surface area contributed by atoms with Crippen LogP contribution in [0.1, 0.15) is 5.69 Å². The van der Waals surface area contributed by atoms with Gasteiger partial charge in [0.2, 0.25) is 0 Å². The van der Waals surface area contributed by atoms with Crippen molar-refractivity contribution in [2.45, 2.75) is 6.92 Å². The van der Waals surface area contributed by atoms with Crippen molar-refractivity contribution in [2.75, 3.05) is 5.73 Å². The number of hydrogen-bond donors (Lipinski definition) is 1. The molecule has 0 unspecified atom stereocenters. The molecule has 2 heterocycles. The van der Waals surface area contributed by atoms with E-state index in [1.165, 1.54) is 0 Å². The molecule has 3 nitrogen and oxygen atoms in total. The maximum absolute atomic E-state index is 5.77. The number of anilines is 1. The molecule has 0 spiro atoms. The molecule has 0 aliphatic rings. The van der Waals surface area contributed by atoms with Gasteiger partial charge in [-0.05, 0) is 13.0 Å². The summed E-state index contributed by atoms with van der Waals surface area (Å²) in [5.74, 6) is 0. The molecule has 0 saturated carbocycles. The molecule has 2 aromatic rings. The zero-order chi connectivity index (χ0) is 9.26. The molecule has 2 rings (SSSR count). The molecule has 0 aliphatic carbocycles. The Morgan fingerprint density at radius 3 is 2.92 bits per heavy atom. The smallest absolute Gasteiger partial charge is 0.125 e. The maximum Gasteiger partial charge on any atom is 0.125 e. The van der Waals surface area contributed by atoms with E-state index >= 15 is 0 Å². The molecule has 0 bridgehead atoms. The average Bonchev–Trinajstić information content (AvgIpc) is 2.53. The Hall–Kier alpha value is -1.42. The second kappa shape index (κ2) is 3.14. The highest BCUT2D eigenvalue weighted by molar-refractivity contribution is 7.13. The monoisotopic (exact) mass is 191 g/mol. The van der Waals surface area contributed by atoms with Gasteiger partial charge in [0.15, 0.2) is 0 Å². The predicted octanol–water partition coefficient (Wildman–Crippen LogP) is 2.10. The number of nitrogens with zero attached hydrogens (tertiary/aromatic N) is 2. The van der Waals surface area contributed by atoms with E-state index in [9.17, 15) is 0 Å². The standard InChI is InChI=1S/C9H9N3S/c1-6-5-13-9(12-6)7-2-3-11-4-8(7)10/h2-5H,10H2,1H3. The van der Waals surface area contributed by atoms with Crippen LogP contribution in [-0.2, 0) is 0 Å².